The summed E-state index contributed by atoms with van der Waals surface area (Å²) in [5.41, 5.74) is 1.19. The molecule has 0 aliphatic carbocycles. The van der Waals surface area contributed by atoms with Crippen molar-refractivity contribution in [1.29, 1.82) is 0 Å². The first-order valence-corrected chi connectivity index (χ1v) is 8.71. The second-order valence-corrected chi connectivity index (χ2v) is 6.91. The van der Waals surface area contributed by atoms with E-state index < -0.39 is 0 Å². The number of halogens is 1. The number of hydrogen-bond donors (Lipinski definition) is 1. The van der Waals surface area contributed by atoms with E-state index in [1.807, 2.05) is 18.3 Å². The summed E-state index contributed by atoms with van der Waals surface area (Å²) in [6.07, 6.45) is 3.88. The lowest BCUT2D eigenvalue weighted by Crippen LogP contribution is -2.13. The van der Waals surface area contributed by atoms with Gasteiger partial charge in [0, 0.05) is 28.8 Å². The largest absolute Gasteiger partial charge is 0.311 e. The van der Waals surface area contributed by atoms with Gasteiger partial charge in [-0.3, -0.25) is 4.40 Å². The van der Waals surface area contributed by atoms with Crippen molar-refractivity contribution in [3.8, 4) is 0 Å². The highest BCUT2D eigenvalue weighted by Gasteiger charge is 2.14. The third kappa shape index (κ3) is 2.90. The Morgan fingerprint density at radius 1 is 1.45 bits per heavy atom. The van der Waals surface area contributed by atoms with Gasteiger partial charge in [0.25, 0.3) is 0 Å². The van der Waals surface area contributed by atoms with Crippen molar-refractivity contribution in [2.45, 2.75) is 23.5 Å². The molecule has 0 spiro atoms. The lowest BCUT2D eigenvalue weighted by Gasteiger charge is -2.04. The Hall–Kier alpha value is -0.890. The first kappa shape index (κ1) is 14.1. The van der Waals surface area contributed by atoms with Crippen LogP contribution in [0.25, 0.3) is 4.96 Å². The van der Waals surface area contributed by atoms with Crippen molar-refractivity contribution < 1.29 is 0 Å². The summed E-state index contributed by atoms with van der Waals surface area (Å²) < 4.78 is 3.13. The minimum atomic E-state index is 0.813. The van der Waals surface area contributed by atoms with Crippen molar-refractivity contribution in [3.05, 3.63) is 40.1 Å². The van der Waals surface area contributed by atoms with Crippen molar-refractivity contribution >= 4 is 44.0 Å². The highest BCUT2D eigenvalue weighted by molar-refractivity contribution is 9.10. The molecule has 7 heteroatoms. The summed E-state index contributed by atoms with van der Waals surface area (Å²) in [6.45, 7) is 3.86. The molecule has 0 aliphatic heterocycles. The molecule has 0 amide bonds. The summed E-state index contributed by atoms with van der Waals surface area (Å²) in [5.74, 6) is 0. The molecule has 0 aromatic carbocycles. The van der Waals surface area contributed by atoms with Crippen LogP contribution in [-0.2, 0) is 6.54 Å². The monoisotopic (exact) mass is 368 g/mol. The van der Waals surface area contributed by atoms with Crippen LogP contribution in [0.1, 0.15) is 12.6 Å². The number of aromatic nitrogens is 3. The summed E-state index contributed by atoms with van der Waals surface area (Å²) in [7, 11) is 0. The average molecular weight is 369 g/mol. The van der Waals surface area contributed by atoms with Gasteiger partial charge < -0.3 is 5.32 Å². The quantitative estimate of drug-likeness (QED) is 0.743. The molecule has 4 nitrogen and oxygen atoms in total. The Labute approximate surface area is 133 Å². The van der Waals surface area contributed by atoms with Crippen molar-refractivity contribution in [2.75, 3.05) is 6.54 Å². The average Bonchev–Trinajstić information content (AvgIpc) is 3.00. The van der Waals surface area contributed by atoms with E-state index in [1.165, 1.54) is 5.69 Å². The van der Waals surface area contributed by atoms with Crippen LogP contribution in [0.3, 0.4) is 0 Å². The fraction of sp³-hybridized carbons (Fsp3) is 0.231. The molecule has 3 rings (SSSR count). The first-order chi connectivity index (χ1) is 9.78. The van der Waals surface area contributed by atoms with Gasteiger partial charge in [-0.15, -0.1) is 11.3 Å². The molecule has 1 N–H and O–H groups in total. The van der Waals surface area contributed by atoms with Crippen LogP contribution in [0.5, 0.6) is 0 Å². The van der Waals surface area contributed by atoms with Crippen LogP contribution in [0.15, 0.2) is 44.4 Å². The predicted octanol–water partition coefficient (Wildman–Crippen LogP) is 3.81. The number of thiazole rings is 1. The minimum absolute atomic E-state index is 0.813. The van der Waals surface area contributed by atoms with Crippen LogP contribution < -0.4 is 5.32 Å². The Morgan fingerprint density at radius 3 is 3.10 bits per heavy atom. The molecule has 0 unspecified atom stereocenters. The van der Waals surface area contributed by atoms with Crippen LogP contribution in [0.2, 0.25) is 0 Å². The van der Waals surface area contributed by atoms with E-state index in [0.29, 0.717) is 0 Å². The van der Waals surface area contributed by atoms with Gasteiger partial charge in [-0.05, 0) is 46.4 Å². The standard InChI is InChI=1S/C13H13BrN4S2/c1-2-15-8-10-12(17-13-18(10)5-6-19-13)20-11-4-3-9(14)7-16-11/h3-7,15H,2,8H2,1H3. The molecule has 3 aromatic rings. The van der Waals surface area contributed by atoms with E-state index in [0.717, 1.165) is 32.6 Å². The van der Waals surface area contributed by atoms with Gasteiger partial charge in [-0.2, -0.15) is 0 Å². The molecular formula is C13H13BrN4S2. The second kappa shape index (κ2) is 6.26. The summed E-state index contributed by atoms with van der Waals surface area (Å²) in [4.78, 5) is 10.1. The summed E-state index contributed by atoms with van der Waals surface area (Å²) in [6, 6.07) is 4.00. The minimum Gasteiger partial charge on any atom is -0.311 e. The number of imidazole rings is 1. The van der Waals surface area contributed by atoms with Crippen molar-refractivity contribution in [2.24, 2.45) is 0 Å². The van der Waals surface area contributed by atoms with Gasteiger partial charge in [-0.1, -0.05) is 6.92 Å². The Morgan fingerprint density at radius 2 is 2.35 bits per heavy atom. The molecule has 0 saturated carbocycles. The molecular weight excluding hydrogens is 356 g/mol. The van der Waals surface area contributed by atoms with Crippen LogP contribution in [0, 0.1) is 0 Å². The fourth-order valence-corrected chi connectivity index (χ4v) is 3.71. The van der Waals surface area contributed by atoms with E-state index in [1.54, 1.807) is 23.1 Å². The zero-order chi connectivity index (χ0) is 13.9. The van der Waals surface area contributed by atoms with Gasteiger partial charge in [0.2, 0.25) is 0 Å². The number of rotatable bonds is 5. The Balaban J connectivity index is 1.93. The maximum absolute atomic E-state index is 4.70. The molecule has 0 fully saturated rings. The third-order valence-corrected chi connectivity index (χ3v) is 4.96. The summed E-state index contributed by atoms with van der Waals surface area (Å²) in [5, 5.41) is 7.41. The normalized spacial score (nSPS) is 11.3. The molecule has 3 aromatic heterocycles. The Bertz CT molecular complexity index is 705. The van der Waals surface area contributed by atoms with Crippen LogP contribution >= 0.6 is 39.0 Å². The van der Waals surface area contributed by atoms with Gasteiger partial charge in [0.1, 0.15) is 10.1 Å². The lowest BCUT2D eigenvalue weighted by molar-refractivity contribution is 0.694. The molecule has 20 heavy (non-hydrogen) atoms. The van der Waals surface area contributed by atoms with E-state index in [9.17, 15) is 0 Å². The second-order valence-electron chi connectivity index (χ2n) is 4.12. The topological polar surface area (TPSA) is 42.2 Å². The van der Waals surface area contributed by atoms with Gasteiger partial charge in [0.15, 0.2) is 4.96 Å². The van der Waals surface area contributed by atoms with E-state index >= 15 is 0 Å². The number of nitrogens with zero attached hydrogens (tertiary/aromatic N) is 3. The van der Waals surface area contributed by atoms with Crippen molar-refractivity contribution in [1.82, 2.24) is 19.7 Å². The zero-order valence-electron chi connectivity index (χ0n) is 10.8. The van der Waals surface area contributed by atoms with E-state index in [2.05, 4.69) is 49.1 Å². The van der Waals surface area contributed by atoms with Crippen LogP contribution in [0.4, 0.5) is 0 Å². The fourth-order valence-electron chi connectivity index (χ4n) is 1.82. The molecule has 0 saturated heterocycles. The number of hydrogen-bond acceptors (Lipinski definition) is 5. The highest BCUT2D eigenvalue weighted by atomic mass is 79.9. The highest BCUT2D eigenvalue weighted by Crippen LogP contribution is 2.31. The molecule has 104 valence electrons. The zero-order valence-corrected chi connectivity index (χ0v) is 14.1. The SMILES string of the molecule is CCNCc1c(Sc2ccc(Br)cn2)nc2sccn12. The smallest absolute Gasteiger partial charge is 0.194 e. The van der Waals surface area contributed by atoms with E-state index in [-0.39, 0.29) is 0 Å². The number of fused-ring (bicyclic) bond motifs is 1. The van der Waals surface area contributed by atoms with Crippen molar-refractivity contribution in [3.63, 3.8) is 0 Å². The maximum Gasteiger partial charge on any atom is 0.194 e. The molecule has 0 aliphatic rings. The summed E-state index contributed by atoms with van der Waals surface area (Å²) >= 11 is 6.66. The molecule has 3 heterocycles. The van der Waals surface area contributed by atoms with Crippen LogP contribution in [-0.4, -0.2) is 20.9 Å². The molecule has 0 radical (unpaired) electrons. The first-order valence-electron chi connectivity index (χ1n) is 6.22. The molecule has 0 bridgehead atoms. The molecule has 0 atom stereocenters. The van der Waals surface area contributed by atoms with Gasteiger partial charge >= 0.3 is 0 Å². The van der Waals surface area contributed by atoms with Gasteiger partial charge in [-0.25, -0.2) is 9.97 Å². The predicted molar refractivity (Wildman–Crippen MR) is 86.5 cm³/mol. The van der Waals surface area contributed by atoms with Gasteiger partial charge in [0.05, 0.1) is 5.69 Å². The maximum atomic E-state index is 4.70. The third-order valence-electron chi connectivity index (χ3n) is 2.77. The number of nitrogens with one attached hydrogen (secondary N) is 1. The Kier molecular flexibility index (Phi) is 4.40. The lowest BCUT2D eigenvalue weighted by atomic mass is 10.4. The number of pyridine rings is 1. The van der Waals surface area contributed by atoms with E-state index in [4.69, 9.17) is 4.98 Å².